The predicted molar refractivity (Wildman–Crippen MR) is 87.4 cm³/mol. The van der Waals surface area contributed by atoms with Crippen LogP contribution >= 0.6 is 11.6 Å². The summed E-state index contributed by atoms with van der Waals surface area (Å²) in [5.41, 5.74) is 2.71. The molecular formula is C15H21ClN6O. The third kappa shape index (κ3) is 3.40. The summed E-state index contributed by atoms with van der Waals surface area (Å²) in [5, 5.41) is 11.3. The molecule has 0 bridgehead atoms. The van der Waals surface area contributed by atoms with Crippen molar-refractivity contribution in [2.24, 2.45) is 0 Å². The van der Waals surface area contributed by atoms with E-state index in [4.69, 9.17) is 11.6 Å². The van der Waals surface area contributed by atoms with E-state index in [-0.39, 0.29) is 5.91 Å². The first-order valence-corrected chi connectivity index (χ1v) is 8.19. The quantitative estimate of drug-likeness (QED) is 0.919. The molecule has 1 aliphatic heterocycles. The number of hydrogen-bond acceptors (Lipinski definition) is 4. The average Bonchev–Trinajstić information content (AvgIpc) is 3.13. The molecule has 7 nitrogen and oxygen atoms in total. The zero-order chi connectivity index (χ0) is 16.4. The number of rotatable bonds is 4. The highest BCUT2D eigenvalue weighted by molar-refractivity contribution is 6.33. The molecule has 0 radical (unpaired) electrons. The maximum absolute atomic E-state index is 12.4. The maximum Gasteiger partial charge on any atom is 0.273 e. The van der Waals surface area contributed by atoms with Gasteiger partial charge in [0.25, 0.3) is 5.91 Å². The molecule has 23 heavy (non-hydrogen) atoms. The lowest BCUT2D eigenvalue weighted by atomic mass is 10.2. The highest BCUT2D eigenvalue weighted by Crippen LogP contribution is 2.16. The Bertz CT molecular complexity index is 686. The molecule has 0 unspecified atom stereocenters. The van der Waals surface area contributed by atoms with E-state index in [1.807, 2.05) is 16.5 Å². The molecule has 124 valence electrons. The molecule has 1 N–H and O–H groups in total. The van der Waals surface area contributed by atoms with Crippen LogP contribution in [-0.4, -0.2) is 61.9 Å². The Labute approximate surface area is 140 Å². The van der Waals surface area contributed by atoms with Crippen molar-refractivity contribution in [1.29, 1.82) is 0 Å². The van der Waals surface area contributed by atoms with E-state index >= 15 is 0 Å². The third-order valence-corrected chi connectivity index (χ3v) is 4.52. The fourth-order valence-electron chi connectivity index (χ4n) is 2.81. The molecule has 1 saturated heterocycles. The van der Waals surface area contributed by atoms with Crippen molar-refractivity contribution < 1.29 is 4.79 Å². The van der Waals surface area contributed by atoms with Gasteiger partial charge in [0.2, 0.25) is 0 Å². The topological polar surface area (TPSA) is 70.0 Å². The van der Waals surface area contributed by atoms with Crippen LogP contribution in [0.25, 0.3) is 0 Å². The molecular weight excluding hydrogens is 316 g/mol. The minimum absolute atomic E-state index is 0.0814. The summed E-state index contributed by atoms with van der Waals surface area (Å²) in [6.45, 7) is 8.95. The molecule has 2 aromatic rings. The monoisotopic (exact) mass is 336 g/mol. The van der Waals surface area contributed by atoms with E-state index in [1.54, 1.807) is 0 Å². The van der Waals surface area contributed by atoms with Gasteiger partial charge in [0.05, 0.1) is 16.9 Å². The number of amides is 1. The molecule has 0 saturated carbocycles. The SMILES string of the molecule is CCn1cc(CN2CCN(C(=O)c3[nH]ncc3Cl)CC2)c(C)n1. The number of H-pyrrole nitrogens is 1. The van der Waals surface area contributed by atoms with Gasteiger partial charge < -0.3 is 4.90 Å². The minimum Gasteiger partial charge on any atom is -0.335 e. The van der Waals surface area contributed by atoms with Crippen molar-refractivity contribution in [3.8, 4) is 0 Å². The number of nitrogens with one attached hydrogen (secondary N) is 1. The van der Waals surface area contributed by atoms with Gasteiger partial charge in [0.15, 0.2) is 0 Å². The summed E-state index contributed by atoms with van der Waals surface area (Å²) < 4.78 is 1.96. The standard InChI is InChI=1S/C15H21ClN6O/c1-3-22-10-12(11(2)19-22)9-20-4-6-21(7-5-20)15(23)14-13(16)8-17-18-14/h8,10H,3-7,9H2,1-2H3,(H,17,18). The summed E-state index contributed by atoms with van der Waals surface area (Å²) in [6.07, 6.45) is 3.57. The summed E-state index contributed by atoms with van der Waals surface area (Å²) in [7, 11) is 0. The molecule has 2 aromatic heterocycles. The molecule has 3 heterocycles. The highest BCUT2D eigenvalue weighted by Gasteiger charge is 2.25. The van der Waals surface area contributed by atoms with Crippen molar-refractivity contribution >= 4 is 17.5 Å². The van der Waals surface area contributed by atoms with Gasteiger partial charge in [0.1, 0.15) is 5.69 Å². The van der Waals surface area contributed by atoms with Crippen LogP contribution in [0.5, 0.6) is 0 Å². The predicted octanol–water partition coefficient (Wildman–Crippen LogP) is 1.55. The Kier molecular flexibility index (Phi) is 4.68. The van der Waals surface area contributed by atoms with E-state index < -0.39 is 0 Å². The molecule has 0 aliphatic carbocycles. The van der Waals surface area contributed by atoms with Crippen LogP contribution in [-0.2, 0) is 13.1 Å². The van der Waals surface area contributed by atoms with E-state index in [9.17, 15) is 4.79 Å². The van der Waals surface area contributed by atoms with Crippen LogP contribution < -0.4 is 0 Å². The van der Waals surface area contributed by atoms with E-state index in [1.165, 1.54) is 11.8 Å². The van der Waals surface area contributed by atoms with Gasteiger partial charge in [-0.2, -0.15) is 10.2 Å². The second kappa shape index (κ2) is 6.72. The number of carbonyl (C=O) groups excluding carboxylic acids is 1. The zero-order valence-corrected chi connectivity index (χ0v) is 14.2. The number of aryl methyl sites for hydroxylation is 2. The van der Waals surface area contributed by atoms with Crippen LogP contribution in [0.1, 0.15) is 28.7 Å². The second-order valence-corrected chi connectivity index (χ2v) is 6.16. The molecule has 0 spiro atoms. The molecule has 0 atom stereocenters. The average molecular weight is 337 g/mol. The van der Waals surface area contributed by atoms with E-state index in [2.05, 4.69) is 33.3 Å². The fraction of sp³-hybridized carbons (Fsp3) is 0.533. The first kappa shape index (κ1) is 16.0. The van der Waals surface area contributed by atoms with E-state index in [0.717, 1.165) is 31.9 Å². The number of carbonyl (C=O) groups is 1. The van der Waals surface area contributed by atoms with Gasteiger partial charge in [-0.1, -0.05) is 11.6 Å². The minimum atomic E-state index is -0.0814. The number of halogens is 1. The summed E-state index contributed by atoms with van der Waals surface area (Å²) in [5.74, 6) is -0.0814. The zero-order valence-electron chi connectivity index (χ0n) is 13.4. The normalized spacial score (nSPS) is 16.0. The number of piperazine rings is 1. The van der Waals surface area contributed by atoms with Gasteiger partial charge >= 0.3 is 0 Å². The fourth-order valence-corrected chi connectivity index (χ4v) is 2.98. The van der Waals surface area contributed by atoms with Crippen LogP contribution in [0.15, 0.2) is 12.4 Å². The van der Waals surface area contributed by atoms with Crippen molar-refractivity contribution in [2.45, 2.75) is 26.9 Å². The van der Waals surface area contributed by atoms with Gasteiger partial charge in [-0.05, 0) is 13.8 Å². The number of aromatic nitrogens is 4. The number of nitrogens with zero attached hydrogens (tertiary/aromatic N) is 5. The van der Waals surface area contributed by atoms with Crippen LogP contribution in [0.4, 0.5) is 0 Å². The molecule has 1 amide bonds. The lowest BCUT2D eigenvalue weighted by Crippen LogP contribution is -2.48. The molecule has 1 fully saturated rings. The first-order valence-electron chi connectivity index (χ1n) is 7.82. The lowest BCUT2D eigenvalue weighted by molar-refractivity contribution is 0.0622. The molecule has 1 aliphatic rings. The van der Waals surface area contributed by atoms with Crippen molar-refractivity contribution in [2.75, 3.05) is 26.2 Å². The van der Waals surface area contributed by atoms with Crippen molar-refractivity contribution in [1.82, 2.24) is 29.8 Å². The summed E-state index contributed by atoms with van der Waals surface area (Å²) >= 11 is 5.96. The van der Waals surface area contributed by atoms with Crippen molar-refractivity contribution in [3.63, 3.8) is 0 Å². The highest BCUT2D eigenvalue weighted by atomic mass is 35.5. The second-order valence-electron chi connectivity index (χ2n) is 5.76. The lowest BCUT2D eigenvalue weighted by Gasteiger charge is -2.34. The summed E-state index contributed by atoms with van der Waals surface area (Å²) in [4.78, 5) is 16.5. The first-order chi connectivity index (χ1) is 11.1. The number of hydrogen-bond donors (Lipinski definition) is 1. The van der Waals surface area contributed by atoms with Gasteiger partial charge in [-0.25, -0.2) is 0 Å². The Hall–Kier alpha value is -1.86. The smallest absolute Gasteiger partial charge is 0.273 e. The van der Waals surface area contributed by atoms with Gasteiger partial charge in [-0.15, -0.1) is 0 Å². The molecule has 0 aromatic carbocycles. The largest absolute Gasteiger partial charge is 0.335 e. The van der Waals surface area contributed by atoms with Crippen molar-refractivity contribution in [3.05, 3.63) is 34.4 Å². The Morgan fingerprint density at radius 1 is 1.35 bits per heavy atom. The number of aromatic amines is 1. The van der Waals surface area contributed by atoms with Crippen LogP contribution in [0.2, 0.25) is 5.02 Å². The van der Waals surface area contributed by atoms with Gasteiger partial charge in [-0.3, -0.25) is 19.5 Å². The maximum atomic E-state index is 12.4. The Balaban J connectivity index is 1.57. The van der Waals surface area contributed by atoms with Gasteiger partial charge in [0, 0.05) is 51.0 Å². The van der Waals surface area contributed by atoms with Crippen LogP contribution in [0, 0.1) is 6.92 Å². The van der Waals surface area contributed by atoms with Crippen LogP contribution in [0.3, 0.4) is 0 Å². The summed E-state index contributed by atoms with van der Waals surface area (Å²) in [6, 6.07) is 0. The third-order valence-electron chi connectivity index (χ3n) is 4.23. The molecule has 3 rings (SSSR count). The Morgan fingerprint density at radius 2 is 2.09 bits per heavy atom. The Morgan fingerprint density at radius 3 is 2.65 bits per heavy atom. The van der Waals surface area contributed by atoms with E-state index in [0.29, 0.717) is 23.8 Å². The molecule has 8 heteroatoms.